The summed E-state index contributed by atoms with van der Waals surface area (Å²) in [5.41, 5.74) is 2.79. The SMILES string of the molecule is CC.CCC/C=C1\C(=O)Nc2ccccc21. The van der Waals surface area contributed by atoms with Gasteiger partial charge in [0.05, 0.1) is 0 Å². The Morgan fingerprint density at radius 2 is 1.94 bits per heavy atom. The molecule has 2 heteroatoms. The van der Waals surface area contributed by atoms with E-state index in [9.17, 15) is 4.79 Å². The van der Waals surface area contributed by atoms with Crippen molar-refractivity contribution in [1.29, 1.82) is 0 Å². The Morgan fingerprint density at radius 3 is 2.62 bits per heavy atom. The molecule has 0 spiro atoms. The first-order valence-corrected chi connectivity index (χ1v) is 5.94. The number of fused-ring (bicyclic) bond motifs is 1. The lowest BCUT2D eigenvalue weighted by molar-refractivity contribution is -0.110. The van der Waals surface area contributed by atoms with E-state index in [2.05, 4.69) is 12.2 Å². The predicted molar refractivity (Wildman–Crippen MR) is 69.3 cm³/mol. The summed E-state index contributed by atoms with van der Waals surface area (Å²) in [7, 11) is 0. The number of hydrogen-bond donors (Lipinski definition) is 1. The van der Waals surface area contributed by atoms with Crippen molar-refractivity contribution < 1.29 is 4.79 Å². The molecule has 16 heavy (non-hydrogen) atoms. The summed E-state index contributed by atoms with van der Waals surface area (Å²) in [6.45, 7) is 6.11. The average Bonchev–Trinajstić information content (AvgIpc) is 2.65. The lowest BCUT2D eigenvalue weighted by Crippen LogP contribution is -2.03. The van der Waals surface area contributed by atoms with E-state index in [0.29, 0.717) is 0 Å². The molecule has 0 radical (unpaired) electrons. The van der Waals surface area contributed by atoms with Crippen LogP contribution in [0.3, 0.4) is 0 Å². The normalized spacial score (nSPS) is 15.2. The van der Waals surface area contributed by atoms with E-state index in [1.165, 1.54) is 0 Å². The van der Waals surface area contributed by atoms with Gasteiger partial charge < -0.3 is 5.32 Å². The fraction of sp³-hybridized carbons (Fsp3) is 0.357. The number of unbranched alkanes of at least 4 members (excludes halogenated alkanes) is 1. The van der Waals surface area contributed by atoms with Gasteiger partial charge in [-0.2, -0.15) is 0 Å². The van der Waals surface area contributed by atoms with Crippen LogP contribution in [0.2, 0.25) is 0 Å². The first-order valence-electron chi connectivity index (χ1n) is 5.94. The van der Waals surface area contributed by atoms with Crippen molar-refractivity contribution in [2.75, 3.05) is 5.32 Å². The summed E-state index contributed by atoms with van der Waals surface area (Å²) in [6, 6.07) is 7.80. The number of carbonyl (C=O) groups is 1. The third kappa shape index (κ3) is 2.51. The van der Waals surface area contributed by atoms with Crippen LogP contribution in [-0.4, -0.2) is 5.91 Å². The highest BCUT2D eigenvalue weighted by Crippen LogP contribution is 2.31. The Bertz CT molecular complexity index is 393. The number of rotatable bonds is 2. The van der Waals surface area contributed by atoms with E-state index in [1.807, 2.05) is 44.2 Å². The molecule has 1 aromatic rings. The maximum absolute atomic E-state index is 11.6. The van der Waals surface area contributed by atoms with Gasteiger partial charge in [-0.3, -0.25) is 4.79 Å². The number of nitrogens with one attached hydrogen (secondary N) is 1. The van der Waals surface area contributed by atoms with Crippen LogP contribution in [0.15, 0.2) is 30.3 Å². The van der Waals surface area contributed by atoms with Crippen molar-refractivity contribution in [3.63, 3.8) is 0 Å². The second-order valence-corrected chi connectivity index (χ2v) is 3.41. The molecule has 0 fully saturated rings. The standard InChI is InChI=1S/C12H13NO.C2H6/c1-2-3-6-10-9-7-4-5-8-11(9)13-12(10)14;1-2/h4-8H,2-3H2,1H3,(H,13,14);1-2H3/b10-6-;. The van der Waals surface area contributed by atoms with Gasteiger partial charge in [0.1, 0.15) is 0 Å². The molecule has 0 atom stereocenters. The molecule has 1 heterocycles. The lowest BCUT2D eigenvalue weighted by Gasteiger charge is -1.95. The van der Waals surface area contributed by atoms with Crippen LogP contribution in [0.1, 0.15) is 39.2 Å². The third-order valence-corrected chi connectivity index (χ3v) is 2.35. The highest BCUT2D eigenvalue weighted by atomic mass is 16.1. The first kappa shape index (κ1) is 12.5. The van der Waals surface area contributed by atoms with Crippen LogP contribution < -0.4 is 5.32 Å². The molecule has 2 nitrogen and oxygen atoms in total. The predicted octanol–water partition coefficient (Wildman–Crippen LogP) is 3.85. The lowest BCUT2D eigenvalue weighted by atomic mass is 10.1. The molecule has 0 aromatic heterocycles. The van der Waals surface area contributed by atoms with Crippen molar-refractivity contribution in [3.05, 3.63) is 35.9 Å². The van der Waals surface area contributed by atoms with E-state index in [0.717, 1.165) is 29.7 Å². The van der Waals surface area contributed by atoms with Crippen molar-refractivity contribution in [3.8, 4) is 0 Å². The van der Waals surface area contributed by atoms with Crippen molar-refractivity contribution >= 4 is 17.2 Å². The fourth-order valence-corrected chi connectivity index (χ4v) is 1.63. The van der Waals surface area contributed by atoms with E-state index in [4.69, 9.17) is 0 Å². The molecule has 1 aliphatic heterocycles. The van der Waals surface area contributed by atoms with Gasteiger partial charge in [0, 0.05) is 16.8 Å². The number of benzene rings is 1. The molecule has 0 saturated carbocycles. The van der Waals surface area contributed by atoms with E-state index < -0.39 is 0 Å². The number of amides is 1. The quantitative estimate of drug-likeness (QED) is 0.749. The fourth-order valence-electron chi connectivity index (χ4n) is 1.63. The summed E-state index contributed by atoms with van der Waals surface area (Å²) in [6.07, 6.45) is 4.04. The molecule has 0 aliphatic carbocycles. The Labute approximate surface area is 97.4 Å². The Balaban J connectivity index is 0.000000606. The summed E-state index contributed by atoms with van der Waals surface area (Å²) < 4.78 is 0. The summed E-state index contributed by atoms with van der Waals surface area (Å²) in [5.74, 6) is 0.0275. The third-order valence-electron chi connectivity index (χ3n) is 2.35. The molecule has 1 N–H and O–H groups in total. The van der Waals surface area contributed by atoms with Crippen LogP contribution in [0.4, 0.5) is 5.69 Å². The highest BCUT2D eigenvalue weighted by molar-refractivity contribution is 6.31. The molecule has 1 aliphatic rings. The zero-order valence-corrected chi connectivity index (χ0v) is 10.2. The van der Waals surface area contributed by atoms with Crippen LogP contribution in [0, 0.1) is 0 Å². The molecule has 0 unspecified atom stereocenters. The van der Waals surface area contributed by atoms with Crippen molar-refractivity contribution in [2.45, 2.75) is 33.6 Å². The Morgan fingerprint density at radius 1 is 1.25 bits per heavy atom. The molecule has 2 rings (SSSR count). The maximum atomic E-state index is 11.6. The molecular formula is C14H19NO. The molecule has 0 bridgehead atoms. The Hall–Kier alpha value is -1.57. The zero-order chi connectivity index (χ0) is 12.0. The van der Waals surface area contributed by atoms with Crippen molar-refractivity contribution in [1.82, 2.24) is 0 Å². The second-order valence-electron chi connectivity index (χ2n) is 3.41. The second kappa shape index (κ2) is 6.11. The van der Waals surface area contributed by atoms with Gasteiger partial charge in [0.15, 0.2) is 0 Å². The highest BCUT2D eigenvalue weighted by Gasteiger charge is 2.22. The van der Waals surface area contributed by atoms with Gasteiger partial charge >= 0.3 is 0 Å². The molecule has 1 aromatic carbocycles. The van der Waals surface area contributed by atoms with Crippen molar-refractivity contribution in [2.24, 2.45) is 0 Å². The number of hydrogen-bond acceptors (Lipinski definition) is 1. The Kier molecular flexibility index (Phi) is 4.77. The van der Waals surface area contributed by atoms with Crippen LogP contribution in [-0.2, 0) is 4.79 Å². The number of allylic oxidation sites excluding steroid dienone is 1. The molecule has 0 saturated heterocycles. The van der Waals surface area contributed by atoms with Gasteiger partial charge in [-0.15, -0.1) is 0 Å². The van der Waals surface area contributed by atoms with Crippen LogP contribution in [0.5, 0.6) is 0 Å². The molecule has 86 valence electrons. The van der Waals surface area contributed by atoms with Gasteiger partial charge in [-0.05, 0) is 12.5 Å². The molecular weight excluding hydrogens is 198 g/mol. The monoisotopic (exact) mass is 217 g/mol. The van der Waals surface area contributed by atoms with Gasteiger partial charge in [0.25, 0.3) is 5.91 Å². The number of anilines is 1. The van der Waals surface area contributed by atoms with Crippen LogP contribution >= 0.6 is 0 Å². The zero-order valence-electron chi connectivity index (χ0n) is 10.2. The van der Waals surface area contributed by atoms with Gasteiger partial charge in [-0.1, -0.05) is 51.5 Å². The smallest absolute Gasteiger partial charge is 0.256 e. The van der Waals surface area contributed by atoms with E-state index in [-0.39, 0.29) is 5.91 Å². The maximum Gasteiger partial charge on any atom is 0.256 e. The minimum Gasteiger partial charge on any atom is -0.321 e. The van der Waals surface area contributed by atoms with Gasteiger partial charge in [-0.25, -0.2) is 0 Å². The minimum absolute atomic E-state index is 0.0275. The topological polar surface area (TPSA) is 29.1 Å². The van der Waals surface area contributed by atoms with E-state index in [1.54, 1.807) is 0 Å². The summed E-state index contributed by atoms with van der Waals surface area (Å²) in [4.78, 5) is 11.6. The summed E-state index contributed by atoms with van der Waals surface area (Å²) >= 11 is 0. The summed E-state index contributed by atoms with van der Waals surface area (Å²) in [5, 5.41) is 2.85. The minimum atomic E-state index is 0.0275. The van der Waals surface area contributed by atoms with Crippen LogP contribution in [0.25, 0.3) is 5.57 Å². The largest absolute Gasteiger partial charge is 0.321 e. The van der Waals surface area contributed by atoms with E-state index >= 15 is 0 Å². The van der Waals surface area contributed by atoms with Gasteiger partial charge in [0.2, 0.25) is 0 Å². The number of carbonyl (C=O) groups excluding carboxylic acids is 1. The molecule has 1 amide bonds. The number of para-hydroxylation sites is 1. The average molecular weight is 217 g/mol. The first-order chi connectivity index (χ1) is 7.83.